The van der Waals surface area contributed by atoms with Crippen molar-refractivity contribution in [3.8, 4) is 11.5 Å². The molecule has 0 fully saturated rings. The van der Waals surface area contributed by atoms with Crippen molar-refractivity contribution in [2.75, 3.05) is 6.79 Å². The van der Waals surface area contributed by atoms with Gasteiger partial charge in [0.25, 0.3) is 0 Å². The van der Waals surface area contributed by atoms with Crippen molar-refractivity contribution in [1.82, 2.24) is 0 Å². The molecule has 0 saturated heterocycles. The number of fused-ring (bicyclic) bond motifs is 1. The molecule has 2 aromatic carbocycles. The van der Waals surface area contributed by atoms with Gasteiger partial charge in [-0.05, 0) is 17.7 Å². The number of hydrogen-bond donors (Lipinski definition) is 0. The molecule has 0 atom stereocenters. The van der Waals surface area contributed by atoms with Gasteiger partial charge in [-0.15, -0.1) is 0 Å². The van der Waals surface area contributed by atoms with E-state index in [1.807, 2.05) is 60.7 Å². The Kier molecular flexibility index (Phi) is 3.50. The van der Waals surface area contributed by atoms with Crippen molar-refractivity contribution in [3.05, 3.63) is 65.7 Å². The second-order valence-electron chi connectivity index (χ2n) is 4.51. The maximum Gasteiger partial charge on any atom is 0.231 e. The Morgan fingerprint density at radius 3 is 2.70 bits per heavy atom. The van der Waals surface area contributed by atoms with Crippen LogP contribution in [0.25, 0.3) is 6.08 Å². The Labute approximate surface area is 117 Å². The number of ether oxygens (including phenoxy) is 2. The van der Waals surface area contributed by atoms with E-state index < -0.39 is 0 Å². The van der Waals surface area contributed by atoms with Crippen molar-refractivity contribution in [2.24, 2.45) is 0 Å². The summed E-state index contributed by atoms with van der Waals surface area (Å²) in [5, 5.41) is 0. The maximum atomic E-state index is 11.9. The van der Waals surface area contributed by atoms with Gasteiger partial charge in [0.15, 0.2) is 17.3 Å². The fraction of sp³-hybridized carbons (Fsp3) is 0.118. The van der Waals surface area contributed by atoms with E-state index in [0.717, 1.165) is 22.6 Å². The first-order chi connectivity index (χ1) is 9.83. The molecule has 20 heavy (non-hydrogen) atoms. The third-order valence-corrected chi connectivity index (χ3v) is 3.11. The standard InChI is InChI=1S/C17H14O3/c18-15(14-6-2-1-3-7-14)8-4-5-13-9-10-16-17(11-13)20-12-19-16/h1-7,9-11H,8,12H2. The first kappa shape index (κ1) is 12.5. The lowest BCUT2D eigenvalue weighted by molar-refractivity contribution is 0.0996. The Bertz CT molecular complexity index is 645. The summed E-state index contributed by atoms with van der Waals surface area (Å²) in [6, 6.07) is 15.0. The summed E-state index contributed by atoms with van der Waals surface area (Å²) >= 11 is 0. The van der Waals surface area contributed by atoms with Crippen LogP contribution in [0.1, 0.15) is 22.3 Å². The highest BCUT2D eigenvalue weighted by Crippen LogP contribution is 2.32. The number of allylic oxidation sites excluding steroid dienone is 1. The summed E-state index contributed by atoms with van der Waals surface area (Å²) in [5.74, 6) is 1.63. The molecular weight excluding hydrogens is 252 g/mol. The van der Waals surface area contributed by atoms with Crippen molar-refractivity contribution >= 4 is 11.9 Å². The smallest absolute Gasteiger partial charge is 0.231 e. The Morgan fingerprint density at radius 2 is 1.85 bits per heavy atom. The summed E-state index contributed by atoms with van der Waals surface area (Å²) < 4.78 is 10.6. The predicted octanol–water partition coefficient (Wildman–Crippen LogP) is 3.70. The van der Waals surface area contributed by atoms with Crippen molar-refractivity contribution < 1.29 is 14.3 Å². The maximum absolute atomic E-state index is 11.9. The minimum absolute atomic E-state index is 0.114. The van der Waals surface area contributed by atoms with E-state index in [0.29, 0.717) is 6.42 Å². The van der Waals surface area contributed by atoms with Crippen LogP contribution in [0.15, 0.2) is 54.6 Å². The van der Waals surface area contributed by atoms with Crippen LogP contribution in [0.4, 0.5) is 0 Å². The van der Waals surface area contributed by atoms with Crippen LogP contribution >= 0.6 is 0 Å². The van der Waals surface area contributed by atoms with E-state index in [1.165, 1.54) is 0 Å². The number of Topliss-reactive ketones (excluding diaryl/α,β-unsaturated/α-hetero) is 1. The molecule has 100 valence electrons. The summed E-state index contributed by atoms with van der Waals surface area (Å²) in [7, 11) is 0. The zero-order chi connectivity index (χ0) is 13.8. The minimum Gasteiger partial charge on any atom is -0.454 e. The third kappa shape index (κ3) is 2.72. The lowest BCUT2D eigenvalue weighted by atomic mass is 10.1. The molecule has 0 N–H and O–H groups in total. The van der Waals surface area contributed by atoms with E-state index in [4.69, 9.17) is 9.47 Å². The van der Waals surface area contributed by atoms with Gasteiger partial charge in [-0.3, -0.25) is 4.79 Å². The molecule has 0 aromatic heterocycles. The third-order valence-electron chi connectivity index (χ3n) is 3.11. The Morgan fingerprint density at radius 1 is 1.05 bits per heavy atom. The lowest BCUT2D eigenvalue weighted by Crippen LogP contribution is -1.95. The molecule has 0 saturated carbocycles. The van der Waals surface area contributed by atoms with Crippen molar-refractivity contribution in [1.29, 1.82) is 0 Å². The van der Waals surface area contributed by atoms with Gasteiger partial charge in [0.2, 0.25) is 6.79 Å². The zero-order valence-electron chi connectivity index (χ0n) is 10.9. The summed E-state index contributed by atoms with van der Waals surface area (Å²) in [6.07, 6.45) is 4.17. The molecule has 1 heterocycles. The Balaban J connectivity index is 1.65. The molecule has 0 spiro atoms. The monoisotopic (exact) mass is 266 g/mol. The number of ketones is 1. The average molecular weight is 266 g/mol. The number of carbonyl (C=O) groups is 1. The van der Waals surface area contributed by atoms with Gasteiger partial charge in [0.1, 0.15) is 0 Å². The van der Waals surface area contributed by atoms with Gasteiger partial charge in [0.05, 0.1) is 0 Å². The predicted molar refractivity (Wildman–Crippen MR) is 77.0 cm³/mol. The highest BCUT2D eigenvalue weighted by Gasteiger charge is 2.12. The van der Waals surface area contributed by atoms with Crippen LogP contribution < -0.4 is 9.47 Å². The molecular formula is C17H14O3. The molecule has 3 heteroatoms. The van der Waals surface area contributed by atoms with E-state index in [9.17, 15) is 4.79 Å². The highest BCUT2D eigenvalue weighted by atomic mass is 16.7. The average Bonchev–Trinajstić information content (AvgIpc) is 2.95. The van der Waals surface area contributed by atoms with Crippen LogP contribution in [0, 0.1) is 0 Å². The van der Waals surface area contributed by atoms with Gasteiger partial charge in [-0.25, -0.2) is 0 Å². The molecule has 1 aliphatic heterocycles. The molecule has 3 rings (SSSR count). The number of carbonyl (C=O) groups excluding carboxylic acids is 1. The van der Waals surface area contributed by atoms with Gasteiger partial charge in [-0.2, -0.15) is 0 Å². The summed E-state index contributed by atoms with van der Waals surface area (Å²) in [4.78, 5) is 11.9. The zero-order valence-corrected chi connectivity index (χ0v) is 10.9. The molecule has 1 aliphatic rings. The summed E-state index contributed by atoms with van der Waals surface area (Å²) in [6.45, 7) is 0.273. The lowest BCUT2D eigenvalue weighted by Gasteiger charge is -1.98. The fourth-order valence-corrected chi connectivity index (χ4v) is 2.06. The summed E-state index contributed by atoms with van der Waals surface area (Å²) in [5.41, 5.74) is 1.73. The number of rotatable bonds is 4. The Hall–Kier alpha value is -2.55. The van der Waals surface area contributed by atoms with E-state index >= 15 is 0 Å². The van der Waals surface area contributed by atoms with Gasteiger partial charge in [-0.1, -0.05) is 48.6 Å². The number of benzene rings is 2. The van der Waals surface area contributed by atoms with E-state index in [-0.39, 0.29) is 12.6 Å². The van der Waals surface area contributed by atoms with Gasteiger partial charge in [0, 0.05) is 12.0 Å². The molecule has 0 amide bonds. The van der Waals surface area contributed by atoms with Crippen molar-refractivity contribution in [2.45, 2.75) is 6.42 Å². The molecule has 2 aromatic rings. The second kappa shape index (κ2) is 5.61. The van der Waals surface area contributed by atoms with E-state index in [2.05, 4.69) is 0 Å². The quantitative estimate of drug-likeness (QED) is 0.791. The molecule has 0 radical (unpaired) electrons. The van der Waals surface area contributed by atoms with Crippen LogP contribution in [0.2, 0.25) is 0 Å². The molecule has 0 aliphatic carbocycles. The highest BCUT2D eigenvalue weighted by molar-refractivity contribution is 5.97. The SMILES string of the molecule is O=C(CC=Cc1ccc2c(c1)OCO2)c1ccccc1. The number of hydrogen-bond acceptors (Lipinski definition) is 3. The first-order valence-corrected chi connectivity index (χ1v) is 6.47. The van der Waals surface area contributed by atoms with E-state index in [1.54, 1.807) is 0 Å². The van der Waals surface area contributed by atoms with Gasteiger partial charge < -0.3 is 9.47 Å². The van der Waals surface area contributed by atoms with Crippen molar-refractivity contribution in [3.63, 3.8) is 0 Å². The normalized spacial score (nSPS) is 12.8. The largest absolute Gasteiger partial charge is 0.454 e. The van der Waals surface area contributed by atoms with Crippen LogP contribution in [-0.4, -0.2) is 12.6 Å². The molecule has 3 nitrogen and oxygen atoms in total. The molecule has 0 bridgehead atoms. The molecule has 0 unspecified atom stereocenters. The van der Waals surface area contributed by atoms with Crippen LogP contribution in [0.5, 0.6) is 11.5 Å². The minimum atomic E-state index is 0.114. The first-order valence-electron chi connectivity index (χ1n) is 6.47. The second-order valence-corrected chi connectivity index (χ2v) is 4.51. The topological polar surface area (TPSA) is 35.5 Å². The van der Waals surface area contributed by atoms with Crippen LogP contribution in [0.3, 0.4) is 0 Å². The fourth-order valence-electron chi connectivity index (χ4n) is 2.06. The van der Waals surface area contributed by atoms with Crippen LogP contribution in [-0.2, 0) is 0 Å². The van der Waals surface area contributed by atoms with Gasteiger partial charge >= 0.3 is 0 Å².